The fourth-order valence-corrected chi connectivity index (χ4v) is 7.19. The molecule has 3 heterocycles. The van der Waals surface area contributed by atoms with Crippen LogP contribution in [0.15, 0.2) is 36.7 Å². The Morgan fingerprint density at radius 1 is 1.30 bits per heavy atom. The number of rotatable bonds is 13. The van der Waals surface area contributed by atoms with E-state index in [1.165, 1.54) is 30.0 Å². The molecule has 14 nitrogen and oxygen atoms in total. The van der Waals surface area contributed by atoms with E-state index in [1.54, 1.807) is 32.0 Å². The number of nitrogens with two attached hydrogens (primary N) is 1. The van der Waals surface area contributed by atoms with Gasteiger partial charge in [0.15, 0.2) is 35.0 Å². The first-order valence-corrected chi connectivity index (χ1v) is 15.8. The molecule has 5 N–H and O–H groups in total. The summed E-state index contributed by atoms with van der Waals surface area (Å²) in [7, 11) is -4.49. The van der Waals surface area contributed by atoms with Crippen molar-refractivity contribution in [1.82, 2.24) is 24.6 Å². The van der Waals surface area contributed by atoms with Crippen molar-refractivity contribution in [2.75, 3.05) is 23.5 Å². The summed E-state index contributed by atoms with van der Waals surface area (Å²) >= 11 is 6.26. The summed E-state index contributed by atoms with van der Waals surface area (Å²) < 4.78 is 54.3. The lowest BCUT2D eigenvalue weighted by Gasteiger charge is -2.27. The quantitative estimate of drug-likeness (QED) is 0.121. The van der Waals surface area contributed by atoms with Crippen molar-refractivity contribution in [3.63, 3.8) is 0 Å². The number of benzene rings is 1. The average molecular weight is 642 g/mol. The molecule has 3 aromatic rings. The Balaban J connectivity index is 1.43. The molecule has 0 radical (unpaired) electrons. The molecular weight excluding hydrogens is 608 g/mol. The van der Waals surface area contributed by atoms with Crippen molar-refractivity contribution in [2.45, 2.75) is 76.0 Å². The fourth-order valence-electron chi connectivity index (χ4n) is 5.03. The van der Waals surface area contributed by atoms with Gasteiger partial charge in [0.05, 0.1) is 18.3 Å². The van der Waals surface area contributed by atoms with Crippen molar-refractivity contribution >= 4 is 48.2 Å². The van der Waals surface area contributed by atoms with Crippen LogP contribution in [0.5, 0.6) is 5.75 Å². The number of esters is 1. The molecule has 7 atom stereocenters. The van der Waals surface area contributed by atoms with Crippen LogP contribution in [0.3, 0.4) is 0 Å². The monoisotopic (exact) mass is 641 g/mol. The van der Waals surface area contributed by atoms with Gasteiger partial charge in [-0.1, -0.05) is 25.1 Å². The topological polar surface area (TPSA) is 185 Å². The van der Waals surface area contributed by atoms with E-state index in [0.717, 1.165) is 6.42 Å². The van der Waals surface area contributed by atoms with Crippen LogP contribution in [0.2, 0.25) is 0 Å². The SMILES string of the molecule is CCCNc1nc(N)nc2c1ncn2[C@@H]1O[C@]2(CCl)C(O[P@@](=O)(N[C@@H](C)C(=O)OC(C)C)Oc3ccccc3)[C@]2(O)[C@H]1F. The maximum atomic E-state index is 16.2. The molecule has 1 aliphatic carbocycles. The van der Waals surface area contributed by atoms with Crippen LogP contribution in [0.1, 0.15) is 40.3 Å². The maximum absolute atomic E-state index is 16.2. The van der Waals surface area contributed by atoms with E-state index < -0.39 is 61.4 Å². The molecule has 0 bridgehead atoms. The van der Waals surface area contributed by atoms with Gasteiger partial charge in [0.25, 0.3) is 0 Å². The predicted molar refractivity (Wildman–Crippen MR) is 155 cm³/mol. The first kappa shape index (κ1) is 31.4. The smallest absolute Gasteiger partial charge is 0.459 e. The molecule has 5 rings (SSSR count). The second-order valence-electron chi connectivity index (χ2n) is 10.7. The number of hydrogen-bond acceptors (Lipinski definition) is 12. The standard InChI is InChI=1S/C26H34ClFN7O7P/c1-5-11-30-19-17-20(33-24(29)32-19)35(13-31-17)21-18(28)26(37)23(25(26,12-27)40-21)42-43(38,41-16-9-7-6-8-10-16)34-15(4)22(36)39-14(2)3/h6-10,13-15,18,21,23,37H,5,11-12H2,1-4H3,(H,34,38)(H3,29,30,32,33)/t15-,18-,21+,23?,25+,26+,43+/m0/s1. The predicted octanol–water partition coefficient (Wildman–Crippen LogP) is 3.32. The molecule has 1 saturated carbocycles. The number of nitrogen functional groups attached to an aromatic ring is 1. The van der Waals surface area contributed by atoms with Crippen LogP contribution in [-0.2, 0) is 23.4 Å². The van der Waals surface area contributed by atoms with Gasteiger partial charge in [0, 0.05) is 6.54 Å². The Hall–Kier alpha value is -3.07. The van der Waals surface area contributed by atoms with Crippen LogP contribution in [0, 0.1) is 0 Å². The van der Waals surface area contributed by atoms with Crippen LogP contribution >= 0.6 is 19.3 Å². The summed E-state index contributed by atoms with van der Waals surface area (Å²) in [4.78, 5) is 25.2. The van der Waals surface area contributed by atoms with Gasteiger partial charge in [-0.3, -0.25) is 13.9 Å². The molecule has 1 aliphatic heterocycles. The highest BCUT2D eigenvalue weighted by atomic mass is 35.5. The summed E-state index contributed by atoms with van der Waals surface area (Å²) in [5.74, 6) is -0.741. The normalized spacial score (nSPS) is 28.3. The Kier molecular flexibility index (Phi) is 8.60. The third kappa shape index (κ3) is 5.54. The van der Waals surface area contributed by atoms with Crippen molar-refractivity contribution < 1.29 is 37.4 Å². The van der Waals surface area contributed by atoms with Crippen molar-refractivity contribution in [2.24, 2.45) is 0 Å². The minimum absolute atomic E-state index is 0.0754. The number of anilines is 2. The number of carbonyl (C=O) groups excluding carboxylic acids is 1. The number of aromatic nitrogens is 4. The number of aliphatic hydroxyl groups is 1. The molecule has 2 fully saturated rings. The summed E-state index contributed by atoms with van der Waals surface area (Å²) in [6.45, 7) is 7.29. The number of alkyl halides is 2. The van der Waals surface area contributed by atoms with Gasteiger partial charge in [0.1, 0.15) is 23.5 Å². The van der Waals surface area contributed by atoms with Gasteiger partial charge in [-0.05, 0) is 39.3 Å². The number of halogens is 2. The van der Waals surface area contributed by atoms with Gasteiger partial charge in [-0.15, -0.1) is 11.6 Å². The van der Waals surface area contributed by atoms with Gasteiger partial charge in [-0.2, -0.15) is 15.1 Å². The molecular formula is C26H34ClFN7O7P. The molecule has 1 saturated heterocycles. The maximum Gasteiger partial charge on any atom is 0.459 e. The number of carbonyl (C=O) groups is 1. The van der Waals surface area contributed by atoms with E-state index in [2.05, 4.69) is 25.4 Å². The van der Waals surface area contributed by atoms with E-state index in [0.29, 0.717) is 17.9 Å². The highest BCUT2D eigenvalue weighted by molar-refractivity contribution is 7.52. The molecule has 1 unspecified atom stereocenters. The molecule has 17 heteroatoms. The molecule has 234 valence electrons. The van der Waals surface area contributed by atoms with Crippen LogP contribution in [0.25, 0.3) is 11.2 Å². The minimum Gasteiger partial charge on any atom is -0.462 e. The van der Waals surface area contributed by atoms with Crippen molar-refractivity contribution in [1.29, 1.82) is 0 Å². The molecule has 43 heavy (non-hydrogen) atoms. The lowest BCUT2D eigenvalue weighted by atomic mass is 10.1. The Morgan fingerprint density at radius 2 is 2.02 bits per heavy atom. The highest BCUT2D eigenvalue weighted by Crippen LogP contribution is 2.69. The van der Waals surface area contributed by atoms with E-state index in [4.69, 9.17) is 35.9 Å². The number of nitrogens with zero attached hydrogens (tertiary/aromatic N) is 4. The van der Waals surface area contributed by atoms with Crippen molar-refractivity contribution in [3.05, 3.63) is 36.7 Å². The van der Waals surface area contributed by atoms with E-state index in [-0.39, 0.29) is 17.3 Å². The molecule has 2 aromatic heterocycles. The van der Waals surface area contributed by atoms with Crippen molar-refractivity contribution in [3.8, 4) is 5.75 Å². The first-order chi connectivity index (χ1) is 20.4. The zero-order chi connectivity index (χ0) is 31.2. The lowest BCUT2D eigenvalue weighted by molar-refractivity contribution is -0.149. The third-order valence-electron chi connectivity index (χ3n) is 7.14. The molecule has 1 aromatic carbocycles. The summed E-state index contributed by atoms with van der Waals surface area (Å²) in [5, 5.41) is 17.2. The zero-order valence-corrected chi connectivity index (χ0v) is 25.6. The second kappa shape index (κ2) is 11.8. The molecule has 0 spiro atoms. The largest absolute Gasteiger partial charge is 0.462 e. The molecule has 0 amide bonds. The van der Waals surface area contributed by atoms with Gasteiger partial charge < -0.3 is 30.2 Å². The Labute approximate surface area is 252 Å². The van der Waals surface area contributed by atoms with Gasteiger partial charge in [0.2, 0.25) is 5.95 Å². The highest BCUT2D eigenvalue weighted by Gasteiger charge is 2.90. The average Bonchev–Trinajstić information content (AvgIpc) is 3.18. The van der Waals surface area contributed by atoms with E-state index in [1.807, 2.05) is 6.92 Å². The lowest BCUT2D eigenvalue weighted by Crippen LogP contribution is -2.38. The Morgan fingerprint density at radius 3 is 2.65 bits per heavy atom. The van der Waals surface area contributed by atoms with Crippen LogP contribution < -0.4 is 20.7 Å². The number of nitrogens with one attached hydrogen (secondary N) is 2. The van der Waals surface area contributed by atoms with Crippen LogP contribution in [-0.4, -0.2) is 78.6 Å². The molecule has 2 aliphatic rings. The summed E-state index contributed by atoms with van der Waals surface area (Å²) in [6, 6.07) is 6.85. The number of para-hydroxylation sites is 1. The zero-order valence-electron chi connectivity index (χ0n) is 23.9. The second-order valence-corrected chi connectivity index (χ2v) is 12.6. The number of hydrogen-bond donors (Lipinski definition) is 4. The summed E-state index contributed by atoms with van der Waals surface area (Å²) in [6.07, 6.45) is -3.47. The first-order valence-electron chi connectivity index (χ1n) is 13.7. The Bertz CT molecular complexity index is 1530. The number of ether oxygens (including phenoxy) is 2. The summed E-state index contributed by atoms with van der Waals surface area (Å²) in [5.41, 5.74) is 2.21. The third-order valence-corrected chi connectivity index (χ3v) is 9.18. The van der Waals surface area contributed by atoms with Gasteiger partial charge in [-0.25, -0.2) is 13.9 Å². The fraction of sp³-hybridized carbons (Fsp3) is 0.538. The van der Waals surface area contributed by atoms with Gasteiger partial charge >= 0.3 is 13.7 Å². The van der Waals surface area contributed by atoms with E-state index in [9.17, 15) is 14.5 Å². The van der Waals surface area contributed by atoms with E-state index >= 15 is 4.39 Å². The van der Waals surface area contributed by atoms with Crippen LogP contribution in [0.4, 0.5) is 16.2 Å². The number of imidazole rings is 1. The number of fused-ring (bicyclic) bond motifs is 2. The minimum atomic E-state index is -4.49.